The predicted molar refractivity (Wildman–Crippen MR) is 151 cm³/mol. The first-order valence-corrected chi connectivity index (χ1v) is 12.9. The van der Waals surface area contributed by atoms with Crippen LogP contribution in [0, 0.1) is 25.5 Å². The minimum atomic E-state index is -1.44. The topological polar surface area (TPSA) is 136 Å². The van der Waals surface area contributed by atoms with Crippen LogP contribution in [0.25, 0.3) is 32.9 Å². The fraction of sp³-hybridized carbons (Fsp3) is 0.233. The molecule has 0 atom stereocenters. The summed E-state index contributed by atoms with van der Waals surface area (Å²) < 4.78 is 37.5. The van der Waals surface area contributed by atoms with Crippen molar-refractivity contribution < 1.29 is 28.2 Å². The maximum absolute atomic E-state index is 15.5. The maximum atomic E-state index is 15.5. The molecule has 0 bridgehead atoms. The van der Waals surface area contributed by atoms with Gasteiger partial charge in [0.05, 0.1) is 23.0 Å². The minimum Gasteiger partial charge on any atom is -0.477 e. The Balaban J connectivity index is 1.77. The van der Waals surface area contributed by atoms with Crippen molar-refractivity contribution in [1.82, 2.24) is 19.1 Å². The van der Waals surface area contributed by atoms with Crippen molar-refractivity contribution in [3.05, 3.63) is 97.6 Å². The van der Waals surface area contributed by atoms with Gasteiger partial charge in [0.2, 0.25) is 0 Å². The fourth-order valence-corrected chi connectivity index (χ4v) is 4.93. The average molecular weight is 577 g/mol. The number of nitrogens with zero attached hydrogens (tertiary/aromatic N) is 3. The monoisotopic (exact) mass is 576 g/mol. The quantitative estimate of drug-likeness (QED) is 0.303. The summed E-state index contributed by atoms with van der Waals surface area (Å²) in [6, 6.07) is 7.70. The number of carboxylic acids is 1. The van der Waals surface area contributed by atoms with Crippen LogP contribution < -0.4 is 11.1 Å². The van der Waals surface area contributed by atoms with Gasteiger partial charge in [-0.3, -0.25) is 9.59 Å². The molecule has 42 heavy (non-hydrogen) atoms. The van der Waals surface area contributed by atoms with E-state index in [0.29, 0.717) is 0 Å². The standard InChI is InChI=1S/C30H26F2N4O6/c1-14-9-19-23(12-20(14)31)35(25(28(39)40)24(19)17-7-6-8-33-26(17)37)13-16-10-18-22(11-21(16)32)34-15(2)36(27(18)38)29(41)42-30(3,4)5/h6-12H,13H2,1-5H3,(H,33,37)(H,39,40). The number of carboxylic acid groups (broad SMARTS) is 1. The minimum absolute atomic E-state index is 0.0120. The molecule has 12 heteroatoms. The molecule has 0 aliphatic heterocycles. The lowest BCUT2D eigenvalue weighted by atomic mass is 10.0. The largest absolute Gasteiger partial charge is 0.477 e. The second-order valence-electron chi connectivity index (χ2n) is 10.9. The molecule has 5 rings (SSSR count). The van der Waals surface area contributed by atoms with E-state index in [2.05, 4.69) is 9.97 Å². The first kappa shape index (κ1) is 28.4. The highest BCUT2D eigenvalue weighted by atomic mass is 19.1. The second kappa shape index (κ2) is 10.1. The molecule has 216 valence electrons. The van der Waals surface area contributed by atoms with E-state index in [1.807, 2.05) is 0 Å². The highest BCUT2D eigenvalue weighted by Gasteiger charge is 2.27. The molecular formula is C30H26F2N4O6. The van der Waals surface area contributed by atoms with E-state index >= 15 is 4.39 Å². The van der Waals surface area contributed by atoms with Gasteiger partial charge in [-0.15, -0.1) is 0 Å². The van der Waals surface area contributed by atoms with Crippen molar-refractivity contribution in [2.75, 3.05) is 0 Å². The van der Waals surface area contributed by atoms with E-state index in [1.54, 1.807) is 20.8 Å². The number of hydrogen-bond donors (Lipinski definition) is 2. The predicted octanol–water partition coefficient (Wildman–Crippen LogP) is 5.13. The molecule has 0 radical (unpaired) electrons. The zero-order valence-electron chi connectivity index (χ0n) is 23.3. The van der Waals surface area contributed by atoms with E-state index in [4.69, 9.17) is 4.74 Å². The number of pyridine rings is 1. The number of benzene rings is 2. The molecule has 2 aromatic carbocycles. The number of aromatic carboxylic acids is 1. The van der Waals surface area contributed by atoms with Gasteiger partial charge >= 0.3 is 12.1 Å². The Kier molecular flexibility index (Phi) is 6.80. The number of halogens is 2. The van der Waals surface area contributed by atoms with Gasteiger partial charge in [-0.05, 0) is 70.5 Å². The second-order valence-corrected chi connectivity index (χ2v) is 10.9. The van der Waals surface area contributed by atoms with Crippen molar-refractivity contribution in [2.45, 2.75) is 46.8 Å². The number of aromatic nitrogens is 4. The molecule has 0 saturated carbocycles. The zero-order valence-corrected chi connectivity index (χ0v) is 23.3. The third-order valence-corrected chi connectivity index (χ3v) is 6.74. The molecular weight excluding hydrogens is 550 g/mol. The molecule has 3 heterocycles. The normalized spacial score (nSPS) is 11.8. The lowest BCUT2D eigenvalue weighted by Gasteiger charge is -2.20. The number of aromatic amines is 1. The van der Waals surface area contributed by atoms with E-state index in [0.717, 1.165) is 16.7 Å². The number of carbonyl (C=O) groups is 2. The Morgan fingerprint density at radius 3 is 2.40 bits per heavy atom. The third-order valence-electron chi connectivity index (χ3n) is 6.74. The fourth-order valence-electron chi connectivity index (χ4n) is 4.93. The van der Waals surface area contributed by atoms with Gasteiger partial charge < -0.3 is 19.4 Å². The molecule has 0 aliphatic carbocycles. The van der Waals surface area contributed by atoms with Gasteiger partial charge in [-0.2, -0.15) is 4.57 Å². The van der Waals surface area contributed by atoms with Gasteiger partial charge in [0, 0.05) is 34.3 Å². The van der Waals surface area contributed by atoms with E-state index in [-0.39, 0.29) is 55.6 Å². The number of ether oxygens (including phenoxy) is 1. The van der Waals surface area contributed by atoms with Crippen LogP contribution in [0.2, 0.25) is 0 Å². The third kappa shape index (κ3) is 4.84. The van der Waals surface area contributed by atoms with E-state index in [9.17, 15) is 28.7 Å². The van der Waals surface area contributed by atoms with Crippen LogP contribution in [-0.2, 0) is 11.3 Å². The number of H-pyrrole nitrogens is 1. The van der Waals surface area contributed by atoms with Crippen molar-refractivity contribution in [1.29, 1.82) is 0 Å². The van der Waals surface area contributed by atoms with E-state index < -0.39 is 47.0 Å². The Labute approximate surface area is 236 Å². The molecule has 0 unspecified atom stereocenters. The van der Waals surface area contributed by atoms with Gasteiger partial charge in [-0.1, -0.05) is 0 Å². The molecule has 0 aliphatic rings. The number of aryl methyl sites for hydroxylation is 2. The van der Waals surface area contributed by atoms with Gasteiger partial charge in [-0.25, -0.2) is 23.4 Å². The number of hydrogen-bond acceptors (Lipinski definition) is 6. The lowest BCUT2D eigenvalue weighted by molar-refractivity contribution is 0.0525. The first-order chi connectivity index (χ1) is 19.7. The molecule has 3 aromatic heterocycles. The SMILES string of the molecule is Cc1cc2c(-c3ccc[nH]c3=O)c(C(=O)O)n(Cc3cc4c(=O)n(C(=O)OC(C)(C)C)c(C)nc4cc3F)c2cc1F. The Morgan fingerprint density at radius 1 is 1.05 bits per heavy atom. The van der Waals surface area contributed by atoms with Crippen LogP contribution in [0.4, 0.5) is 13.6 Å². The molecule has 0 saturated heterocycles. The Hall–Kier alpha value is -5.13. The summed E-state index contributed by atoms with van der Waals surface area (Å²) in [7, 11) is 0. The van der Waals surface area contributed by atoms with Crippen LogP contribution in [0.3, 0.4) is 0 Å². The summed E-state index contributed by atoms with van der Waals surface area (Å²) in [5.74, 6) is -2.89. The zero-order chi connectivity index (χ0) is 30.7. The van der Waals surface area contributed by atoms with E-state index in [1.165, 1.54) is 48.9 Å². The average Bonchev–Trinajstić information content (AvgIpc) is 3.17. The molecule has 0 amide bonds. The highest BCUT2D eigenvalue weighted by molar-refractivity contribution is 6.08. The number of fused-ring (bicyclic) bond motifs is 2. The summed E-state index contributed by atoms with van der Waals surface area (Å²) in [5, 5.41) is 10.4. The number of rotatable bonds is 4. The van der Waals surface area contributed by atoms with Gasteiger partial charge in [0.15, 0.2) is 0 Å². The molecule has 0 fully saturated rings. The van der Waals surface area contributed by atoms with Crippen molar-refractivity contribution in [3.8, 4) is 11.1 Å². The van der Waals surface area contributed by atoms with Crippen molar-refractivity contribution in [2.24, 2.45) is 0 Å². The molecule has 0 spiro atoms. The Morgan fingerprint density at radius 2 is 1.76 bits per heavy atom. The molecule has 5 aromatic rings. The Bertz CT molecular complexity index is 2070. The summed E-state index contributed by atoms with van der Waals surface area (Å²) >= 11 is 0. The number of carbonyl (C=O) groups excluding carboxylic acids is 1. The van der Waals surface area contributed by atoms with Crippen molar-refractivity contribution in [3.63, 3.8) is 0 Å². The first-order valence-electron chi connectivity index (χ1n) is 12.9. The van der Waals surface area contributed by atoms with Gasteiger partial charge in [0.1, 0.15) is 28.8 Å². The summed E-state index contributed by atoms with van der Waals surface area (Å²) in [6.45, 7) is 7.36. The molecule has 2 N–H and O–H groups in total. The number of nitrogens with one attached hydrogen (secondary N) is 1. The van der Waals surface area contributed by atoms with Crippen LogP contribution >= 0.6 is 0 Å². The van der Waals surface area contributed by atoms with Gasteiger partial charge in [0.25, 0.3) is 11.1 Å². The van der Waals surface area contributed by atoms with Crippen LogP contribution in [0.1, 0.15) is 48.2 Å². The van der Waals surface area contributed by atoms with Crippen LogP contribution in [0.15, 0.2) is 52.2 Å². The summed E-state index contributed by atoms with van der Waals surface area (Å²) in [6.07, 6.45) is 0.430. The van der Waals surface area contributed by atoms with Crippen molar-refractivity contribution >= 4 is 33.9 Å². The molecule has 10 nitrogen and oxygen atoms in total. The van der Waals surface area contributed by atoms with Crippen LogP contribution in [-0.4, -0.2) is 41.9 Å². The smallest absolute Gasteiger partial charge is 0.422 e. The maximum Gasteiger partial charge on any atom is 0.422 e. The lowest BCUT2D eigenvalue weighted by Crippen LogP contribution is -2.35. The highest BCUT2D eigenvalue weighted by Crippen LogP contribution is 2.36. The summed E-state index contributed by atoms with van der Waals surface area (Å²) in [5.41, 5.74) is -2.42. The van der Waals surface area contributed by atoms with Crippen LogP contribution in [0.5, 0.6) is 0 Å². The summed E-state index contributed by atoms with van der Waals surface area (Å²) in [4.78, 5) is 58.2.